The van der Waals surface area contributed by atoms with E-state index in [4.69, 9.17) is 33.3 Å². The third-order valence-electron chi connectivity index (χ3n) is 12.1. The second kappa shape index (κ2) is 17.4. The molecule has 0 radical (unpaired) electrons. The molecule has 14 atom stereocenters. The molecule has 1 aromatic heterocycles. The van der Waals surface area contributed by atoms with Crippen LogP contribution in [0.1, 0.15) is 86.8 Å². The van der Waals surface area contributed by atoms with E-state index >= 15 is 0 Å². The zero-order chi connectivity index (χ0) is 39.5. The number of aliphatic hydroxyl groups is 1. The Hall–Kier alpha value is -3.01. The summed E-state index contributed by atoms with van der Waals surface area (Å²) in [6, 6.07) is 5.26. The average Bonchev–Trinajstić information content (AvgIpc) is 3.46. The van der Waals surface area contributed by atoms with E-state index in [0.29, 0.717) is 24.2 Å². The number of aromatic nitrogens is 1. The number of ketones is 1. The molecule has 5 heterocycles. The molecule has 4 aliphatic heterocycles. The number of hydrogen-bond donors (Lipinski definition) is 1. The van der Waals surface area contributed by atoms with Gasteiger partial charge < -0.3 is 43.3 Å². The van der Waals surface area contributed by atoms with E-state index in [1.165, 1.54) is 0 Å². The van der Waals surface area contributed by atoms with E-state index in [9.17, 15) is 19.5 Å². The van der Waals surface area contributed by atoms with Gasteiger partial charge in [0.1, 0.15) is 29.3 Å². The fraction of sp³-hybridized carbons (Fsp3) is 0.775. The van der Waals surface area contributed by atoms with Crippen LogP contribution in [0.3, 0.4) is 0 Å². The summed E-state index contributed by atoms with van der Waals surface area (Å²) in [6.45, 7) is 14.8. The number of rotatable bonds is 7. The van der Waals surface area contributed by atoms with Crippen molar-refractivity contribution in [2.75, 3.05) is 27.3 Å². The van der Waals surface area contributed by atoms with Crippen LogP contribution in [-0.4, -0.2) is 120 Å². The lowest BCUT2D eigenvalue weighted by Crippen LogP contribution is -2.60. The van der Waals surface area contributed by atoms with Gasteiger partial charge in [-0.3, -0.25) is 19.4 Å². The minimum absolute atomic E-state index is 0.0302. The Labute approximate surface area is 319 Å². The minimum Gasteiger partial charge on any atom is -0.458 e. The molecular formula is C40H61N3O11. The zero-order valence-electron chi connectivity index (χ0n) is 33.6. The second-order valence-electron chi connectivity index (χ2n) is 16.5. The molecule has 1 N–H and O–H groups in total. The van der Waals surface area contributed by atoms with Crippen molar-refractivity contribution in [1.29, 1.82) is 0 Å². The Morgan fingerprint density at radius 1 is 1.06 bits per heavy atom. The predicted octanol–water partition coefficient (Wildman–Crippen LogP) is 4.10. The normalized spacial score (nSPS) is 42.0. The van der Waals surface area contributed by atoms with Crippen molar-refractivity contribution in [3.05, 3.63) is 30.1 Å². The van der Waals surface area contributed by atoms with Crippen LogP contribution in [0.15, 0.2) is 29.6 Å². The molecule has 0 saturated carbocycles. The standard InChI is InChI=1S/C40H61N3O11/c1-11-31-40(8)29(17-32(44)54-40)24(4)33(45)22(2)18-39(7)36(53-38-34(46)30(43(9)10)16-23(3)51-38)25(5)35(26(6)37(47)52-31)48-19-28(20-49-39)42-50-21-27-14-12-13-15-41-27/h12-15,22-26,29-31,34-36,38,46H,11,16-21H2,1-10H3/b42-28-/t22-,23-,24-,25+,26-,29+,30+,31-,34-,35+,36-,38+,39-,40+/m1/s1. The maximum Gasteiger partial charge on any atom is 0.311 e. The molecule has 4 fully saturated rings. The summed E-state index contributed by atoms with van der Waals surface area (Å²) < 4.78 is 38.8. The lowest BCUT2D eigenvalue weighted by molar-refractivity contribution is -0.302. The Kier molecular flexibility index (Phi) is 13.6. The van der Waals surface area contributed by atoms with Crippen molar-refractivity contribution < 1.29 is 52.7 Å². The first-order valence-electron chi connectivity index (χ1n) is 19.4. The van der Waals surface area contributed by atoms with Crippen molar-refractivity contribution in [2.24, 2.45) is 34.7 Å². The molecule has 14 nitrogen and oxygen atoms in total. The van der Waals surface area contributed by atoms with Crippen molar-refractivity contribution in [3.8, 4) is 0 Å². The number of aliphatic hydroxyl groups excluding tert-OH is 1. The van der Waals surface area contributed by atoms with Crippen LogP contribution in [0.2, 0.25) is 0 Å². The predicted molar refractivity (Wildman–Crippen MR) is 197 cm³/mol. The number of ether oxygens (including phenoxy) is 6. The molecule has 302 valence electrons. The molecule has 54 heavy (non-hydrogen) atoms. The summed E-state index contributed by atoms with van der Waals surface area (Å²) >= 11 is 0. The second-order valence-corrected chi connectivity index (χ2v) is 16.5. The zero-order valence-corrected chi connectivity index (χ0v) is 33.6. The van der Waals surface area contributed by atoms with Gasteiger partial charge in [-0.1, -0.05) is 38.9 Å². The number of fused-ring (bicyclic) bond motifs is 4. The Morgan fingerprint density at radius 2 is 1.80 bits per heavy atom. The number of carbonyl (C=O) groups is 3. The van der Waals surface area contributed by atoms with Gasteiger partial charge in [-0.2, -0.15) is 0 Å². The number of Topliss-reactive ketones (excluding diaryl/α,β-unsaturated/α-hetero) is 1. The average molecular weight is 760 g/mol. The van der Waals surface area contributed by atoms with E-state index in [0.717, 1.165) is 0 Å². The highest BCUT2D eigenvalue weighted by molar-refractivity contribution is 5.87. The largest absolute Gasteiger partial charge is 0.458 e. The number of pyridine rings is 1. The molecule has 14 heteroatoms. The Morgan fingerprint density at radius 3 is 2.46 bits per heavy atom. The smallest absolute Gasteiger partial charge is 0.311 e. The van der Waals surface area contributed by atoms with E-state index in [2.05, 4.69) is 10.1 Å². The number of esters is 2. The first-order chi connectivity index (χ1) is 25.5. The lowest BCUT2D eigenvalue weighted by atomic mass is 9.70. The van der Waals surface area contributed by atoms with Crippen LogP contribution >= 0.6 is 0 Å². The summed E-state index contributed by atoms with van der Waals surface area (Å²) in [5, 5.41) is 16.0. The Bertz CT molecular complexity index is 1490. The summed E-state index contributed by atoms with van der Waals surface area (Å²) in [5.74, 6) is -4.19. The lowest BCUT2D eigenvalue weighted by Gasteiger charge is -2.48. The maximum absolute atomic E-state index is 14.5. The highest BCUT2D eigenvalue weighted by atomic mass is 16.7. The first kappa shape index (κ1) is 42.1. The quantitative estimate of drug-likeness (QED) is 0.313. The van der Waals surface area contributed by atoms with Gasteiger partial charge in [0, 0.05) is 35.9 Å². The molecule has 0 aliphatic carbocycles. The van der Waals surface area contributed by atoms with Crippen molar-refractivity contribution in [2.45, 2.75) is 142 Å². The molecule has 5 rings (SSSR count). The van der Waals surface area contributed by atoms with E-state index in [1.807, 2.05) is 78.7 Å². The van der Waals surface area contributed by atoms with Gasteiger partial charge in [-0.15, -0.1) is 0 Å². The van der Waals surface area contributed by atoms with Gasteiger partial charge in [0.05, 0.1) is 55.2 Å². The van der Waals surface area contributed by atoms with E-state index in [1.54, 1.807) is 20.0 Å². The third-order valence-corrected chi connectivity index (χ3v) is 12.1. The van der Waals surface area contributed by atoms with Crippen LogP contribution < -0.4 is 0 Å². The first-order valence-corrected chi connectivity index (χ1v) is 19.4. The summed E-state index contributed by atoms with van der Waals surface area (Å²) in [7, 11) is 3.81. The molecule has 2 bridgehead atoms. The van der Waals surface area contributed by atoms with Crippen molar-refractivity contribution in [3.63, 3.8) is 0 Å². The van der Waals surface area contributed by atoms with Crippen molar-refractivity contribution >= 4 is 23.4 Å². The van der Waals surface area contributed by atoms with Crippen LogP contribution in [-0.2, 0) is 54.2 Å². The number of cyclic esters (lactones) is 1. The SMILES string of the molecule is CC[C@H]1OC(=O)[C@H](C)[C@H]2OC/C(=N/OCc3ccccn3)CO[C@](C)(C[C@@H](C)C(=O)[C@H](C)[C@@H]3CC(=O)O[C@]13C)[C@H](O[C@@H]1O[C@H](C)C[C@H](N(C)C)[C@H]1O)[C@H]2C. The fourth-order valence-electron chi connectivity index (χ4n) is 9.08. The molecule has 1 aromatic rings. The highest BCUT2D eigenvalue weighted by Gasteiger charge is 2.57. The summed E-state index contributed by atoms with van der Waals surface area (Å²) in [5.41, 5.74) is -1.32. The van der Waals surface area contributed by atoms with Gasteiger partial charge in [0.2, 0.25) is 0 Å². The molecule has 0 amide bonds. The Balaban J connectivity index is 1.60. The van der Waals surface area contributed by atoms with Crippen LogP contribution in [0.4, 0.5) is 0 Å². The van der Waals surface area contributed by atoms with Gasteiger partial charge in [-0.05, 0) is 73.2 Å². The van der Waals surface area contributed by atoms with Gasteiger partial charge >= 0.3 is 11.9 Å². The van der Waals surface area contributed by atoms with Gasteiger partial charge in [0.25, 0.3) is 0 Å². The molecular weight excluding hydrogens is 698 g/mol. The number of nitrogens with zero attached hydrogens (tertiary/aromatic N) is 3. The number of oxime groups is 1. The third kappa shape index (κ3) is 9.00. The molecule has 0 spiro atoms. The summed E-state index contributed by atoms with van der Waals surface area (Å²) in [4.78, 5) is 53.6. The number of likely N-dealkylation sites (N-methyl/N-ethyl adjacent to an activating group) is 1. The minimum atomic E-state index is -1.22. The number of hydrogen-bond acceptors (Lipinski definition) is 14. The monoisotopic (exact) mass is 759 g/mol. The maximum atomic E-state index is 14.5. The van der Waals surface area contributed by atoms with Gasteiger partial charge in [-0.25, -0.2) is 0 Å². The topological polar surface area (TPSA) is 165 Å². The molecule has 0 unspecified atom stereocenters. The van der Waals surface area contributed by atoms with E-state index in [-0.39, 0.29) is 50.6 Å². The summed E-state index contributed by atoms with van der Waals surface area (Å²) in [6.07, 6.45) is -1.92. The van der Waals surface area contributed by atoms with E-state index < -0.39 is 83.4 Å². The fourth-order valence-corrected chi connectivity index (χ4v) is 9.08. The van der Waals surface area contributed by atoms with Crippen LogP contribution in [0.25, 0.3) is 0 Å². The molecule has 0 aromatic carbocycles. The number of carbonyl (C=O) groups excluding carboxylic acids is 3. The van der Waals surface area contributed by atoms with Gasteiger partial charge in [0.15, 0.2) is 12.9 Å². The molecule has 4 saturated heterocycles. The van der Waals surface area contributed by atoms with Crippen molar-refractivity contribution in [1.82, 2.24) is 9.88 Å². The molecule has 4 aliphatic rings. The highest BCUT2D eigenvalue weighted by Crippen LogP contribution is 2.46. The van der Waals surface area contributed by atoms with Crippen LogP contribution in [0.5, 0.6) is 0 Å². The van der Waals surface area contributed by atoms with Crippen LogP contribution in [0, 0.1) is 29.6 Å².